The summed E-state index contributed by atoms with van der Waals surface area (Å²) >= 11 is 0. The summed E-state index contributed by atoms with van der Waals surface area (Å²) in [6, 6.07) is 9.61. The van der Waals surface area contributed by atoms with E-state index in [0.717, 1.165) is 16.7 Å². The van der Waals surface area contributed by atoms with Gasteiger partial charge in [0.25, 0.3) is 0 Å². The molecule has 1 aliphatic heterocycles. The highest BCUT2D eigenvalue weighted by Gasteiger charge is 2.34. The molecule has 1 aromatic carbocycles. The van der Waals surface area contributed by atoms with Crippen molar-refractivity contribution in [1.82, 2.24) is 4.90 Å². The minimum Gasteiger partial charge on any atom is -0.445 e. The van der Waals surface area contributed by atoms with Crippen LogP contribution in [0.1, 0.15) is 12.5 Å². The molecule has 20 heavy (non-hydrogen) atoms. The third kappa shape index (κ3) is 2.60. The lowest BCUT2D eigenvalue weighted by Crippen LogP contribution is -2.29. The Morgan fingerprint density at radius 2 is 1.85 bits per heavy atom. The number of likely N-dealkylation sites (tertiary alicyclic amines) is 1. The standard InChI is InChI=1S/C16H17NO3/c1-16(19)7-13-9-17(10-14(13)8-16)15(18)20-11-12-5-3-2-4-6-12/h2-8,19H,9-11H2,1H3. The highest BCUT2D eigenvalue weighted by Crippen LogP contribution is 2.32. The Balaban J connectivity index is 1.57. The van der Waals surface area contributed by atoms with Gasteiger partial charge in [-0.1, -0.05) is 30.3 Å². The average Bonchev–Trinajstić information content (AvgIpc) is 2.90. The molecule has 1 aliphatic carbocycles. The van der Waals surface area contributed by atoms with E-state index in [1.807, 2.05) is 30.3 Å². The number of hydrogen-bond acceptors (Lipinski definition) is 3. The van der Waals surface area contributed by atoms with Crippen molar-refractivity contribution in [3.63, 3.8) is 0 Å². The quantitative estimate of drug-likeness (QED) is 0.897. The molecule has 1 amide bonds. The molecule has 1 N–H and O–H groups in total. The number of fused-ring (bicyclic) bond motifs is 1. The highest BCUT2D eigenvalue weighted by molar-refractivity contribution is 5.71. The molecular weight excluding hydrogens is 254 g/mol. The average molecular weight is 271 g/mol. The lowest BCUT2D eigenvalue weighted by molar-refractivity contribution is 0.105. The largest absolute Gasteiger partial charge is 0.445 e. The van der Waals surface area contributed by atoms with Gasteiger partial charge in [0.05, 0.1) is 5.60 Å². The molecule has 4 heteroatoms. The SMILES string of the molecule is CC1(O)C=C2CN(C(=O)OCc3ccccc3)CC2=C1. The maximum absolute atomic E-state index is 12.0. The van der Waals surface area contributed by atoms with E-state index in [-0.39, 0.29) is 12.7 Å². The van der Waals surface area contributed by atoms with Gasteiger partial charge in [-0.2, -0.15) is 0 Å². The second kappa shape index (κ2) is 4.80. The van der Waals surface area contributed by atoms with Crippen LogP contribution in [-0.2, 0) is 11.3 Å². The molecule has 0 unspecified atom stereocenters. The molecule has 0 atom stereocenters. The number of ether oxygens (including phenoxy) is 1. The third-order valence-corrected chi connectivity index (χ3v) is 3.53. The van der Waals surface area contributed by atoms with Gasteiger partial charge >= 0.3 is 6.09 Å². The van der Waals surface area contributed by atoms with Gasteiger partial charge in [-0.3, -0.25) is 4.90 Å². The number of nitrogens with zero attached hydrogens (tertiary/aromatic N) is 1. The van der Waals surface area contributed by atoms with Crippen molar-refractivity contribution in [2.75, 3.05) is 13.1 Å². The van der Waals surface area contributed by atoms with Gasteiger partial charge in [0, 0.05) is 13.1 Å². The first-order chi connectivity index (χ1) is 9.53. The van der Waals surface area contributed by atoms with E-state index in [4.69, 9.17) is 4.74 Å². The molecule has 3 rings (SSSR count). The van der Waals surface area contributed by atoms with E-state index in [2.05, 4.69) is 0 Å². The second-order valence-electron chi connectivity index (χ2n) is 5.46. The smallest absolute Gasteiger partial charge is 0.410 e. The molecule has 0 bridgehead atoms. The number of amides is 1. The van der Waals surface area contributed by atoms with Crippen LogP contribution in [0.15, 0.2) is 53.6 Å². The molecule has 1 saturated heterocycles. The Kier molecular flexibility index (Phi) is 3.10. The van der Waals surface area contributed by atoms with Crippen molar-refractivity contribution in [2.45, 2.75) is 19.1 Å². The molecule has 0 radical (unpaired) electrons. The topological polar surface area (TPSA) is 49.8 Å². The van der Waals surface area contributed by atoms with Crippen LogP contribution in [0.5, 0.6) is 0 Å². The number of carbonyl (C=O) groups excluding carboxylic acids is 1. The summed E-state index contributed by atoms with van der Waals surface area (Å²) < 4.78 is 5.30. The zero-order valence-electron chi connectivity index (χ0n) is 11.4. The summed E-state index contributed by atoms with van der Waals surface area (Å²) in [4.78, 5) is 13.6. The molecule has 2 aliphatic rings. The monoisotopic (exact) mass is 271 g/mol. The van der Waals surface area contributed by atoms with Crippen LogP contribution in [0.2, 0.25) is 0 Å². The predicted molar refractivity (Wildman–Crippen MR) is 75.0 cm³/mol. The molecule has 4 nitrogen and oxygen atoms in total. The number of carbonyl (C=O) groups is 1. The minimum atomic E-state index is -0.870. The maximum atomic E-state index is 12.0. The molecule has 0 aromatic heterocycles. The van der Waals surface area contributed by atoms with Crippen LogP contribution in [-0.4, -0.2) is 34.8 Å². The fourth-order valence-corrected chi connectivity index (χ4v) is 2.63. The number of hydrogen-bond donors (Lipinski definition) is 1. The lowest BCUT2D eigenvalue weighted by Gasteiger charge is -2.16. The molecule has 0 spiro atoms. The zero-order chi connectivity index (χ0) is 14.2. The van der Waals surface area contributed by atoms with Gasteiger partial charge in [-0.15, -0.1) is 0 Å². The predicted octanol–water partition coefficient (Wildman–Crippen LogP) is 2.26. The molecule has 1 heterocycles. The molecule has 1 aromatic rings. The molecule has 104 valence electrons. The summed E-state index contributed by atoms with van der Waals surface area (Å²) in [5, 5.41) is 9.89. The van der Waals surface area contributed by atoms with E-state index < -0.39 is 5.60 Å². The van der Waals surface area contributed by atoms with Gasteiger partial charge in [0.2, 0.25) is 0 Å². The van der Waals surface area contributed by atoms with Gasteiger partial charge in [-0.25, -0.2) is 4.79 Å². The van der Waals surface area contributed by atoms with E-state index in [9.17, 15) is 9.90 Å². The first kappa shape index (κ1) is 12.9. The first-order valence-corrected chi connectivity index (χ1v) is 6.65. The number of aliphatic hydroxyl groups is 1. The summed E-state index contributed by atoms with van der Waals surface area (Å²) in [5.41, 5.74) is 2.14. The third-order valence-electron chi connectivity index (χ3n) is 3.53. The minimum absolute atomic E-state index is 0.284. The first-order valence-electron chi connectivity index (χ1n) is 6.65. The van der Waals surface area contributed by atoms with E-state index in [1.165, 1.54) is 0 Å². The van der Waals surface area contributed by atoms with Crippen molar-refractivity contribution in [3.05, 3.63) is 59.2 Å². The van der Waals surface area contributed by atoms with Crippen LogP contribution < -0.4 is 0 Å². The van der Waals surface area contributed by atoms with Crippen molar-refractivity contribution in [2.24, 2.45) is 0 Å². The van der Waals surface area contributed by atoms with Crippen LogP contribution >= 0.6 is 0 Å². The number of benzene rings is 1. The van der Waals surface area contributed by atoms with Crippen LogP contribution in [0.4, 0.5) is 4.79 Å². The Bertz CT molecular complexity index is 563. The molecular formula is C16H17NO3. The van der Waals surface area contributed by atoms with Gasteiger partial charge < -0.3 is 9.84 Å². The van der Waals surface area contributed by atoms with Crippen molar-refractivity contribution in [3.8, 4) is 0 Å². The number of rotatable bonds is 2. The van der Waals surface area contributed by atoms with Crippen molar-refractivity contribution in [1.29, 1.82) is 0 Å². The Labute approximate surface area is 118 Å². The zero-order valence-corrected chi connectivity index (χ0v) is 11.4. The fraction of sp³-hybridized carbons (Fsp3) is 0.312. The normalized spacial score (nSPS) is 19.4. The lowest BCUT2D eigenvalue weighted by atomic mass is 10.1. The summed E-state index contributed by atoms with van der Waals surface area (Å²) in [7, 11) is 0. The Morgan fingerprint density at radius 1 is 1.25 bits per heavy atom. The van der Waals surface area contributed by atoms with Gasteiger partial charge in [0.1, 0.15) is 6.61 Å². The van der Waals surface area contributed by atoms with Crippen LogP contribution in [0.3, 0.4) is 0 Å². The second-order valence-corrected chi connectivity index (χ2v) is 5.46. The summed E-state index contributed by atoms with van der Waals surface area (Å²) in [6.07, 6.45) is 3.28. The maximum Gasteiger partial charge on any atom is 0.410 e. The summed E-state index contributed by atoms with van der Waals surface area (Å²) in [6.45, 7) is 3.04. The van der Waals surface area contributed by atoms with E-state index in [1.54, 1.807) is 24.0 Å². The van der Waals surface area contributed by atoms with Gasteiger partial charge in [0.15, 0.2) is 0 Å². The van der Waals surface area contributed by atoms with Crippen molar-refractivity contribution >= 4 is 6.09 Å². The van der Waals surface area contributed by atoms with E-state index in [0.29, 0.717) is 13.1 Å². The molecule has 1 fully saturated rings. The van der Waals surface area contributed by atoms with Crippen molar-refractivity contribution < 1.29 is 14.6 Å². The molecule has 0 saturated carbocycles. The Morgan fingerprint density at radius 3 is 2.45 bits per heavy atom. The Hall–Kier alpha value is -2.07. The summed E-state index contributed by atoms with van der Waals surface area (Å²) in [5.74, 6) is 0. The van der Waals surface area contributed by atoms with Gasteiger partial charge in [-0.05, 0) is 35.8 Å². The van der Waals surface area contributed by atoms with Crippen LogP contribution in [0, 0.1) is 0 Å². The van der Waals surface area contributed by atoms with E-state index >= 15 is 0 Å². The van der Waals surface area contributed by atoms with Crippen LogP contribution in [0.25, 0.3) is 0 Å². The fourth-order valence-electron chi connectivity index (χ4n) is 2.63. The highest BCUT2D eigenvalue weighted by atomic mass is 16.6.